The summed E-state index contributed by atoms with van der Waals surface area (Å²) in [6.45, 7) is 1.85. The van der Waals surface area contributed by atoms with Crippen LogP contribution in [0.5, 0.6) is 0 Å². The second-order valence-corrected chi connectivity index (χ2v) is 9.81. The fourth-order valence-corrected chi connectivity index (χ4v) is 4.60. The van der Waals surface area contributed by atoms with Crippen molar-refractivity contribution < 1.29 is 22.7 Å². The zero-order valence-electron chi connectivity index (χ0n) is 17.8. The molecule has 0 aliphatic heterocycles. The van der Waals surface area contributed by atoms with Crippen LogP contribution >= 0.6 is 11.8 Å². The van der Waals surface area contributed by atoms with Gasteiger partial charge in [-0.1, -0.05) is 12.1 Å². The second kappa shape index (κ2) is 9.41. The van der Waals surface area contributed by atoms with E-state index in [4.69, 9.17) is 11.8 Å². The number of hydrogen-bond donors (Lipinski definition) is 2. The number of nitrogens with one attached hydrogen (secondary N) is 1. The maximum Gasteiger partial charge on any atom is 0.335 e. The predicted octanol–water partition coefficient (Wildman–Crippen LogP) is 4.16. The molecule has 32 heavy (non-hydrogen) atoms. The average molecular weight is 480 g/mol. The lowest BCUT2D eigenvalue weighted by Crippen LogP contribution is -2.22. The summed E-state index contributed by atoms with van der Waals surface area (Å²) >= 11 is 5.40. The van der Waals surface area contributed by atoms with Crippen LogP contribution in [-0.2, 0) is 16.6 Å². The molecular weight excluding hydrogens is 457 g/mol. The molecule has 0 aliphatic rings. The van der Waals surface area contributed by atoms with Gasteiger partial charge >= 0.3 is 5.97 Å². The highest BCUT2D eigenvalue weighted by Gasteiger charge is 2.21. The highest BCUT2D eigenvalue weighted by atomic mass is 35.5. The van der Waals surface area contributed by atoms with Crippen LogP contribution in [0, 0.1) is 6.92 Å². The van der Waals surface area contributed by atoms with Gasteiger partial charge in [0.1, 0.15) is 5.83 Å². The smallest absolute Gasteiger partial charge is 0.335 e. The quantitative estimate of drug-likeness (QED) is 0.473. The van der Waals surface area contributed by atoms with E-state index >= 15 is 0 Å². The van der Waals surface area contributed by atoms with Gasteiger partial charge in [-0.05, 0) is 60.7 Å². The Bertz CT molecular complexity index is 1320. The predicted molar refractivity (Wildman–Crippen MR) is 123 cm³/mol. The van der Waals surface area contributed by atoms with Crippen LogP contribution in [0.3, 0.4) is 0 Å². The number of carboxylic acid groups (broad SMARTS) is 1. The third-order valence-corrected chi connectivity index (χ3v) is 7.15. The van der Waals surface area contributed by atoms with E-state index in [-0.39, 0.29) is 23.5 Å². The van der Waals surface area contributed by atoms with Gasteiger partial charge in [-0.3, -0.25) is 0 Å². The minimum atomic E-state index is -3.67. The van der Waals surface area contributed by atoms with Gasteiger partial charge in [0.25, 0.3) is 0 Å². The van der Waals surface area contributed by atoms with Crippen molar-refractivity contribution in [1.29, 1.82) is 0 Å². The van der Waals surface area contributed by atoms with Crippen molar-refractivity contribution in [2.75, 3.05) is 20.6 Å². The molecule has 0 atom stereocenters. The SMILES string of the molecule is Cc1c(-c2cccc(S(=O)(=O)N(C)C)c2)c2cc(C(=O)O)ccc2n1C/C(F)=C/CNCl. The molecule has 10 heteroatoms. The zero-order valence-corrected chi connectivity index (χ0v) is 19.3. The first-order valence-electron chi connectivity index (χ1n) is 9.65. The van der Waals surface area contributed by atoms with E-state index in [1.54, 1.807) is 35.8 Å². The third-order valence-electron chi connectivity index (χ3n) is 5.18. The molecule has 0 saturated carbocycles. The van der Waals surface area contributed by atoms with Gasteiger partial charge in [-0.25, -0.2) is 26.7 Å². The number of carboxylic acids is 1. The number of allylic oxidation sites excluding steroid dienone is 1. The Morgan fingerprint density at radius 1 is 1.25 bits per heavy atom. The molecule has 0 spiro atoms. The van der Waals surface area contributed by atoms with Crippen molar-refractivity contribution in [3.8, 4) is 11.1 Å². The number of sulfonamides is 1. The van der Waals surface area contributed by atoms with Gasteiger partial charge in [0.2, 0.25) is 10.0 Å². The number of carbonyl (C=O) groups is 1. The van der Waals surface area contributed by atoms with Crippen molar-refractivity contribution in [1.82, 2.24) is 13.7 Å². The first-order valence-corrected chi connectivity index (χ1v) is 11.5. The van der Waals surface area contributed by atoms with Crippen LogP contribution in [0.25, 0.3) is 22.0 Å². The summed E-state index contributed by atoms with van der Waals surface area (Å²) in [6, 6.07) is 11.0. The summed E-state index contributed by atoms with van der Waals surface area (Å²) in [5.74, 6) is -1.51. The lowest BCUT2D eigenvalue weighted by atomic mass is 10.0. The molecule has 0 radical (unpaired) electrons. The molecule has 0 aliphatic carbocycles. The van der Waals surface area contributed by atoms with Crippen LogP contribution in [0.1, 0.15) is 16.1 Å². The highest BCUT2D eigenvalue weighted by molar-refractivity contribution is 7.89. The van der Waals surface area contributed by atoms with E-state index in [0.29, 0.717) is 27.7 Å². The van der Waals surface area contributed by atoms with E-state index in [0.717, 1.165) is 4.31 Å². The van der Waals surface area contributed by atoms with Crippen LogP contribution in [0.4, 0.5) is 4.39 Å². The van der Waals surface area contributed by atoms with Crippen LogP contribution in [0.15, 0.2) is 59.3 Å². The molecule has 1 aromatic heterocycles. The minimum absolute atomic E-state index is 0.0790. The maximum atomic E-state index is 14.5. The summed E-state index contributed by atoms with van der Waals surface area (Å²) in [5, 5.41) is 10.0. The molecule has 2 aromatic carbocycles. The number of nitrogens with zero attached hydrogens (tertiary/aromatic N) is 2. The Morgan fingerprint density at radius 2 is 1.97 bits per heavy atom. The number of rotatable bonds is 8. The first kappa shape index (κ1) is 23.9. The molecule has 3 rings (SSSR count). The zero-order chi connectivity index (χ0) is 23.6. The van der Waals surface area contributed by atoms with Crippen molar-refractivity contribution in [2.45, 2.75) is 18.4 Å². The Kier molecular flexibility index (Phi) is 7.04. The van der Waals surface area contributed by atoms with Crippen LogP contribution in [0.2, 0.25) is 0 Å². The van der Waals surface area contributed by atoms with E-state index in [2.05, 4.69) is 4.84 Å². The molecule has 0 amide bonds. The standard InChI is InChI=1S/C22H23ClFN3O4S/c1-14-21(15-5-4-6-18(11-15)32(30,31)26(2)3)19-12-16(22(28)29)7-8-20(19)27(14)13-17(24)9-10-25-23/h4-9,11-12,25H,10,13H2,1-3H3,(H,28,29)/b17-9-. The summed E-state index contributed by atoms with van der Waals surface area (Å²) in [6.07, 6.45) is 1.31. The largest absolute Gasteiger partial charge is 0.478 e. The van der Waals surface area contributed by atoms with E-state index in [1.807, 2.05) is 0 Å². The Morgan fingerprint density at radius 3 is 2.59 bits per heavy atom. The molecule has 2 N–H and O–H groups in total. The highest BCUT2D eigenvalue weighted by Crippen LogP contribution is 2.37. The Labute approximate surface area is 190 Å². The van der Waals surface area contributed by atoms with Crippen LogP contribution in [-0.4, -0.2) is 49.0 Å². The van der Waals surface area contributed by atoms with Crippen molar-refractivity contribution in [3.63, 3.8) is 0 Å². The average Bonchev–Trinajstić information content (AvgIpc) is 3.02. The van der Waals surface area contributed by atoms with Gasteiger partial charge in [0, 0.05) is 42.8 Å². The van der Waals surface area contributed by atoms with E-state index in [9.17, 15) is 22.7 Å². The lowest BCUT2D eigenvalue weighted by molar-refractivity contribution is 0.0697. The summed E-state index contributed by atoms with van der Waals surface area (Å²) in [4.78, 5) is 14.0. The Balaban J connectivity index is 2.28. The molecule has 1 heterocycles. The summed E-state index contributed by atoms with van der Waals surface area (Å²) in [7, 11) is -0.779. The van der Waals surface area contributed by atoms with Gasteiger partial charge < -0.3 is 9.67 Å². The molecule has 0 fully saturated rings. The van der Waals surface area contributed by atoms with Crippen molar-refractivity contribution in [3.05, 3.63) is 65.6 Å². The maximum absolute atomic E-state index is 14.5. The molecule has 3 aromatic rings. The number of hydrogen-bond acceptors (Lipinski definition) is 4. The van der Waals surface area contributed by atoms with Gasteiger partial charge in [0.05, 0.1) is 17.0 Å². The fraction of sp³-hybridized carbons (Fsp3) is 0.227. The van der Waals surface area contributed by atoms with Gasteiger partial charge in [-0.15, -0.1) is 0 Å². The van der Waals surface area contributed by atoms with Gasteiger partial charge in [0.15, 0.2) is 0 Å². The number of benzene rings is 2. The van der Waals surface area contributed by atoms with Crippen molar-refractivity contribution in [2.24, 2.45) is 0 Å². The third kappa shape index (κ3) is 4.56. The number of aromatic nitrogens is 1. The van der Waals surface area contributed by atoms with E-state index in [1.165, 1.54) is 38.4 Å². The number of halogens is 2. The molecular formula is C22H23ClFN3O4S. The summed E-state index contributed by atoms with van der Waals surface area (Å²) in [5.41, 5.74) is 2.61. The molecule has 0 saturated heterocycles. The lowest BCUT2D eigenvalue weighted by Gasteiger charge is -2.13. The monoisotopic (exact) mass is 479 g/mol. The number of fused-ring (bicyclic) bond motifs is 1. The minimum Gasteiger partial charge on any atom is -0.478 e. The molecule has 0 bridgehead atoms. The number of aromatic carboxylic acids is 1. The normalized spacial score (nSPS) is 12.6. The fourth-order valence-electron chi connectivity index (χ4n) is 3.57. The topological polar surface area (TPSA) is 91.6 Å². The second-order valence-electron chi connectivity index (χ2n) is 7.39. The molecule has 0 unspecified atom stereocenters. The van der Waals surface area contributed by atoms with Crippen molar-refractivity contribution >= 4 is 38.7 Å². The van der Waals surface area contributed by atoms with Crippen LogP contribution < -0.4 is 4.84 Å². The van der Waals surface area contributed by atoms with E-state index < -0.39 is 21.8 Å². The van der Waals surface area contributed by atoms with Gasteiger partial charge in [-0.2, -0.15) is 0 Å². The molecule has 7 nitrogen and oxygen atoms in total. The first-order chi connectivity index (χ1) is 15.1. The Hall–Kier alpha value is -2.72. The summed E-state index contributed by atoms with van der Waals surface area (Å²) < 4.78 is 42.6. The molecule has 170 valence electrons.